The Morgan fingerprint density at radius 3 is 2.41 bits per heavy atom. The maximum absolute atomic E-state index is 14.8. The van der Waals surface area contributed by atoms with E-state index in [4.69, 9.17) is 4.74 Å². The van der Waals surface area contributed by atoms with Crippen LogP contribution >= 0.6 is 0 Å². The molecule has 0 saturated carbocycles. The summed E-state index contributed by atoms with van der Waals surface area (Å²) in [5.74, 6) is -4.33. The summed E-state index contributed by atoms with van der Waals surface area (Å²) in [5.41, 5.74) is -0.873. The smallest absolute Gasteiger partial charge is 0.272 e. The molecule has 0 spiro atoms. The molecule has 202 valence electrons. The van der Waals surface area contributed by atoms with Crippen molar-refractivity contribution in [1.29, 1.82) is 0 Å². The summed E-state index contributed by atoms with van der Waals surface area (Å²) >= 11 is 0. The number of carbonyl (C=O) groups excluding carboxylic acids is 2. The summed E-state index contributed by atoms with van der Waals surface area (Å²) in [7, 11) is 1.89. The average Bonchev–Trinajstić information content (AvgIpc) is 3.25. The second-order valence-corrected chi connectivity index (χ2v) is 11.5. The number of nitrogens with zero attached hydrogens (tertiary/aromatic N) is 4. The fraction of sp³-hybridized carbons (Fsp3) is 0.577. The fourth-order valence-corrected chi connectivity index (χ4v) is 4.81. The van der Waals surface area contributed by atoms with E-state index >= 15 is 0 Å². The van der Waals surface area contributed by atoms with Crippen molar-refractivity contribution in [3.63, 3.8) is 0 Å². The molecule has 2 amide bonds. The molecule has 0 radical (unpaired) electrons. The Kier molecular flexibility index (Phi) is 7.15. The summed E-state index contributed by atoms with van der Waals surface area (Å²) in [6.45, 7) is 11.3. The topological polar surface area (TPSA) is 79.7 Å². The molecule has 2 aliphatic rings. The Labute approximate surface area is 214 Å². The molecular formula is C26H34F3N5O3. The second kappa shape index (κ2) is 9.75. The number of hydrogen-bond acceptors (Lipinski definition) is 5. The van der Waals surface area contributed by atoms with Crippen molar-refractivity contribution in [2.45, 2.75) is 65.7 Å². The molecule has 37 heavy (non-hydrogen) atoms. The number of amides is 2. The molecule has 11 heteroatoms. The third-order valence-corrected chi connectivity index (χ3v) is 6.94. The molecule has 0 unspecified atom stereocenters. The molecule has 1 atom stereocenters. The van der Waals surface area contributed by atoms with Crippen LogP contribution in [0, 0.1) is 22.9 Å². The number of imidazole rings is 1. The van der Waals surface area contributed by atoms with Gasteiger partial charge in [0, 0.05) is 19.2 Å². The van der Waals surface area contributed by atoms with E-state index in [1.165, 1.54) is 0 Å². The van der Waals surface area contributed by atoms with Crippen molar-refractivity contribution in [3.05, 3.63) is 41.0 Å². The van der Waals surface area contributed by atoms with Crippen LogP contribution in [0.4, 0.5) is 13.2 Å². The first-order valence-corrected chi connectivity index (χ1v) is 12.3. The number of hydrogen-bond donors (Lipinski definition) is 1. The molecule has 8 nitrogen and oxygen atoms in total. The minimum atomic E-state index is -1.30. The molecular weight excluding hydrogens is 487 g/mol. The zero-order valence-corrected chi connectivity index (χ0v) is 22.1. The van der Waals surface area contributed by atoms with Crippen LogP contribution in [-0.2, 0) is 22.6 Å². The van der Waals surface area contributed by atoms with E-state index in [-0.39, 0.29) is 29.7 Å². The lowest BCUT2D eigenvalue weighted by Gasteiger charge is -2.37. The normalized spacial score (nSPS) is 18.9. The largest absolute Gasteiger partial charge is 0.359 e. The highest BCUT2D eigenvalue weighted by Gasteiger charge is 2.44. The molecule has 4 rings (SSSR count). The van der Waals surface area contributed by atoms with Gasteiger partial charge in [-0.1, -0.05) is 20.8 Å². The Morgan fingerprint density at radius 1 is 1.11 bits per heavy atom. The molecule has 0 bridgehead atoms. The van der Waals surface area contributed by atoms with Crippen LogP contribution in [0.25, 0.3) is 11.4 Å². The molecule has 0 aliphatic carbocycles. The first-order valence-electron chi connectivity index (χ1n) is 12.3. The number of benzene rings is 1. The number of fused-ring (bicyclic) bond motifs is 1. The first kappa shape index (κ1) is 27.1. The highest BCUT2D eigenvalue weighted by molar-refractivity contribution is 5.98. The van der Waals surface area contributed by atoms with Crippen LogP contribution in [0.15, 0.2) is 12.1 Å². The second-order valence-electron chi connectivity index (χ2n) is 11.5. The summed E-state index contributed by atoms with van der Waals surface area (Å²) in [6.07, 6.45) is 0.687. The lowest BCUT2D eigenvalue weighted by atomic mass is 9.85. The van der Waals surface area contributed by atoms with Crippen LogP contribution in [-0.4, -0.2) is 69.7 Å². The van der Waals surface area contributed by atoms with Gasteiger partial charge in [0.1, 0.15) is 24.4 Å². The van der Waals surface area contributed by atoms with Crippen LogP contribution < -0.4 is 5.32 Å². The van der Waals surface area contributed by atoms with Crippen molar-refractivity contribution < 1.29 is 27.5 Å². The van der Waals surface area contributed by atoms with Gasteiger partial charge in [0.25, 0.3) is 5.91 Å². The lowest BCUT2D eigenvalue weighted by molar-refractivity contribution is -0.140. The van der Waals surface area contributed by atoms with Gasteiger partial charge in [-0.25, -0.2) is 18.2 Å². The first-order chi connectivity index (χ1) is 17.2. The average molecular weight is 522 g/mol. The van der Waals surface area contributed by atoms with E-state index in [0.717, 1.165) is 12.6 Å². The molecule has 3 heterocycles. The predicted octanol–water partition coefficient (Wildman–Crippen LogP) is 3.54. The number of nitrogens with one attached hydrogen (secondary N) is 1. The molecule has 2 aliphatic heterocycles. The van der Waals surface area contributed by atoms with Crippen molar-refractivity contribution in [2.24, 2.45) is 5.41 Å². The maximum Gasteiger partial charge on any atom is 0.272 e. The van der Waals surface area contributed by atoms with E-state index in [9.17, 15) is 22.8 Å². The summed E-state index contributed by atoms with van der Waals surface area (Å²) in [5, 5.41) is 2.87. The molecule has 2 aromatic rings. The molecule has 1 fully saturated rings. The van der Waals surface area contributed by atoms with E-state index < -0.39 is 40.4 Å². The predicted molar refractivity (Wildman–Crippen MR) is 131 cm³/mol. The van der Waals surface area contributed by atoms with E-state index in [0.29, 0.717) is 37.9 Å². The Balaban J connectivity index is 1.76. The Bertz CT molecular complexity index is 1220. The van der Waals surface area contributed by atoms with Gasteiger partial charge in [0.15, 0.2) is 17.3 Å². The van der Waals surface area contributed by atoms with E-state index in [2.05, 4.69) is 10.3 Å². The van der Waals surface area contributed by atoms with Gasteiger partial charge < -0.3 is 24.4 Å². The van der Waals surface area contributed by atoms with E-state index in [1.807, 2.05) is 46.6 Å². The van der Waals surface area contributed by atoms with Crippen LogP contribution in [0.5, 0.6) is 0 Å². The number of aromatic nitrogens is 2. The van der Waals surface area contributed by atoms with Gasteiger partial charge in [-0.2, -0.15) is 0 Å². The quantitative estimate of drug-likeness (QED) is 0.623. The van der Waals surface area contributed by atoms with Crippen LogP contribution in [0.3, 0.4) is 0 Å². The van der Waals surface area contributed by atoms with E-state index in [1.54, 1.807) is 9.47 Å². The number of carbonyl (C=O) groups is 2. The molecule has 1 saturated heterocycles. The third kappa shape index (κ3) is 5.24. The zero-order chi connectivity index (χ0) is 27.3. The third-order valence-electron chi connectivity index (χ3n) is 6.94. The van der Waals surface area contributed by atoms with Gasteiger partial charge in [-0.05, 0) is 45.3 Å². The summed E-state index contributed by atoms with van der Waals surface area (Å²) in [4.78, 5) is 35.3. The maximum atomic E-state index is 14.8. The summed E-state index contributed by atoms with van der Waals surface area (Å²) < 4.78 is 49.6. The van der Waals surface area contributed by atoms with Crippen molar-refractivity contribution in [1.82, 2.24) is 24.7 Å². The SMILES string of the molecule is CN1CCCn2c(-c3cc(F)c(F)cc3F)nc(C(=O)N[C@H](C(=O)N3COCC3(C)C)C(C)(C)C)c2C1. The molecule has 1 aromatic heterocycles. The van der Waals surface area contributed by atoms with Crippen molar-refractivity contribution in [3.8, 4) is 11.4 Å². The number of rotatable bonds is 4. The van der Waals surface area contributed by atoms with Crippen LogP contribution in [0.1, 0.15) is 57.2 Å². The van der Waals surface area contributed by atoms with Gasteiger partial charge in [0.05, 0.1) is 23.4 Å². The standard InChI is InChI=1S/C26H34F3N5O3/c1-25(2,3)21(24(36)34-14-37-13-26(34,4)5)31-23(35)20-19-12-32(6)8-7-9-33(19)22(30-20)15-10-17(28)18(29)11-16(15)27/h10-11,21H,7-9,12-14H2,1-6H3,(H,31,35)/t21-/m1/s1. The minimum Gasteiger partial charge on any atom is -0.359 e. The van der Waals surface area contributed by atoms with Gasteiger partial charge >= 0.3 is 0 Å². The molecule has 1 aromatic carbocycles. The minimum absolute atomic E-state index is 0.0202. The Morgan fingerprint density at radius 2 is 1.78 bits per heavy atom. The van der Waals surface area contributed by atoms with Crippen molar-refractivity contribution in [2.75, 3.05) is 26.9 Å². The number of halogens is 3. The highest BCUT2D eigenvalue weighted by atomic mass is 19.2. The van der Waals surface area contributed by atoms with Crippen LogP contribution in [0.2, 0.25) is 0 Å². The fourth-order valence-electron chi connectivity index (χ4n) is 4.81. The van der Waals surface area contributed by atoms with Crippen molar-refractivity contribution >= 4 is 11.8 Å². The van der Waals surface area contributed by atoms with Gasteiger partial charge in [-0.15, -0.1) is 0 Å². The zero-order valence-electron chi connectivity index (χ0n) is 22.1. The molecule has 1 N–H and O–H groups in total. The lowest BCUT2D eigenvalue weighted by Crippen LogP contribution is -2.58. The summed E-state index contributed by atoms with van der Waals surface area (Å²) in [6, 6.07) is 0.335. The Hall–Kier alpha value is -2.92. The highest BCUT2D eigenvalue weighted by Crippen LogP contribution is 2.31. The van der Waals surface area contributed by atoms with Gasteiger partial charge in [0.2, 0.25) is 5.91 Å². The monoisotopic (exact) mass is 521 g/mol. The number of ether oxygens (including phenoxy) is 1. The van der Waals surface area contributed by atoms with Gasteiger partial charge in [-0.3, -0.25) is 9.59 Å².